The molecule has 0 aromatic heterocycles. The van der Waals surface area contributed by atoms with Gasteiger partial charge in [0.05, 0.1) is 13.2 Å². The Hall–Kier alpha value is -2.00. The lowest BCUT2D eigenvalue weighted by molar-refractivity contribution is 0.244. The third kappa shape index (κ3) is 1.80. The van der Waals surface area contributed by atoms with E-state index in [1.54, 1.807) is 18.4 Å². The van der Waals surface area contributed by atoms with E-state index in [4.69, 9.17) is 4.74 Å². The molecule has 0 N–H and O–H groups in total. The molecule has 3 heteroatoms. The Kier molecular flexibility index (Phi) is 2.77. The van der Waals surface area contributed by atoms with Gasteiger partial charge in [-0.05, 0) is 54.8 Å². The third-order valence-electron chi connectivity index (χ3n) is 5.88. The highest BCUT2D eigenvalue weighted by Crippen LogP contribution is 2.49. The summed E-state index contributed by atoms with van der Waals surface area (Å²) >= 11 is 0. The fourth-order valence-corrected chi connectivity index (χ4v) is 4.76. The minimum Gasteiger partial charge on any atom is -0.497 e. The average Bonchev–Trinajstić information content (AvgIpc) is 2.90. The Bertz CT molecular complexity index is 774. The molecule has 0 unspecified atom stereocenters. The second kappa shape index (κ2) is 4.75. The zero-order chi connectivity index (χ0) is 15.6. The van der Waals surface area contributed by atoms with Crippen molar-refractivity contribution in [2.24, 2.45) is 5.92 Å². The SMILES string of the molecule is COc1ccc2c(c1)CC1=CC=C[C@@H]3C[C@@H]4C(=C13)N2CCN4C. The van der Waals surface area contributed by atoms with Crippen LogP contribution in [-0.2, 0) is 6.42 Å². The highest BCUT2D eigenvalue weighted by molar-refractivity contribution is 5.69. The Morgan fingerprint density at radius 3 is 3.00 bits per heavy atom. The fourth-order valence-electron chi connectivity index (χ4n) is 4.76. The van der Waals surface area contributed by atoms with E-state index in [1.165, 1.54) is 23.2 Å². The van der Waals surface area contributed by atoms with Crippen molar-refractivity contribution < 1.29 is 4.74 Å². The van der Waals surface area contributed by atoms with Crippen LogP contribution in [0.15, 0.2) is 53.3 Å². The molecule has 0 spiro atoms. The number of anilines is 1. The fraction of sp³-hybridized carbons (Fsp3) is 0.400. The van der Waals surface area contributed by atoms with E-state index in [9.17, 15) is 0 Å². The highest BCUT2D eigenvalue weighted by Gasteiger charge is 2.43. The van der Waals surface area contributed by atoms with E-state index in [2.05, 4.69) is 53.3 Å². The van der Waals surface area contributed by atoms with Gasteiger partial charge in [0.1, 0.15) is 5.75 Å². The number of allylic oxidation sites excluding steroid dienone is 5. The predicted octanol–water partition coefficient (Wildman–Crippen LogP) is 3.14. The molecule has 2 atom stereocenters. The molecule has 5 rings (SSSR count). The molecule has 1 aromatic rings. The topological polar surface area (TPSA) is 15.7 Å². The molecule has 0 amide bonds. The van der Waals surface area contributed by atoms with Crippen molar-refractivity contribution in [1.29, 1.82) is 0 Å². The van der Waals surface area contributed by atoms with E-state index < -0.39 is 0 Å². The summed E-state index contributed by atoms with van der Waals surface area (Å²) in [4.78, 5) is 5.13. The van der Waals surface area contributed by atoms with Gasteiger partial charge in [0.15, 0.2) is 0 Å². The number of piperazine rings is 1. The summed E-state index contributed by atoms with van der Waals surface area (Å²) in [5.41, 5.74) is 7.43. The first-order valence-corrected chi connectivity index (χ1v) is 8.53. The average molecular weight is 306 g/mol. The Balaban J connectivity index is 1.74. The van der Waals surface area contributed by atoms with Crippen LogP contribution in [0.4, 0.5) is 5.69 Å². The van der Waals surface area contributed by atoms with E-state index in [0.717, 1.165) is 25.3 Å². The predicted molar refractivity (Wildman–Crippen MR) is 92.8 cm³/mol. The smallest absolute Gasteiger partial charge is 0.119 e. The maximum absolute atomic E-state index is 5.47. The summed E-state index contributed by atoms with van der Waals surface area (Å²) in [6.45, 7) is 2.21. The van der Waals surface area contributed by atoms with Crippen LogP contribution in [0.3, 0.4) is 0 Å². The Morgan fingerprint density at radius 2 is 2.13 bits per heavy atom. The maximum atomic E-state index is 5.47. The van der Waals surface area contributed by atoms with Crippen LogP contribution < -0.4 is 9.64 Å². The molecule has 0 radical (unpaired) electrons. The number of benzene rings is 1. The Labute approximate surface area is 137 Å². The molecule has 3 nitrogen and oxygen atoms in total. The highest BCUT2D eigenvalue weighted by atomic mass is 16.5. The number of rotatable bonds is 1. The maximum Gasteiger partial charge on any atom is 0.119 e. The van der Waals surface area contributed by atoms with Crippen molar-refractivity contribution in [3.63, 3.8) is 0 Å². The molecule has 1 saturated heterocycles. The van der Waals surface area contributed by atoms with Gasteiger partial charge in [0.25, 0.3) is 0 Å². The van der Waals surface area contributed by atoms with Crippen molar-refractivity contribution in [2.45, 2.75) is 18.9 Å². The van der Waals surface area contributed by atoms with E-state index in [-0.39, 0.29) is 0 Å². The van der Waals surface area contributed by atoms with E-state index in [1.807, 2.05) is 0 Å². The van der Waals surface area contributed by atoms with Crippen molar-refractivity contribution in [2.75, 3.05) is 32.1 Å². The van der Waals surface area contributed by atoms with E-state index in [0.29, 0.717) is 12.0 Å². The largest absolute Gasteiger partial charge is 0.497 e. The number of hydrogen-bond donors (Lipinski definition) is 0. The van der Waals surface area contributed by atoms with Crippen LogP contribution in [0.1, 0.15) is 12.0 Å². The Morgan fingerprint density at radius 1 is 1.22 bits per heavy atom. The minimum absolute atomic E-state index is 0.558. The zero-order valence-corrected chi connectivity index (χ0v) is 13.7. The van der Waals surface area contributed by atoms with Crippen LogP contribution in [-0.4, -0.2) is 38.2 Å². The lowest BCUT2D eigenvalue weighted by atomic mass is 9.87. The lowest BCUT2D eigenvalue weighted by Crippen LogP contribution is -2.48. The number of nitrogens with zero attached hydrogens (tertiary/aromatic N) is 2. The van der Waals surface area contributed by atoms with Gasteiger partial charge in [-0.25, -0.2) is 0 Å². The molecule has 2 aliphatic carbocycles. The van der Waals surface area contributed by atoms with Crippen LogP contribution in [0.5, 0.6) is 5.75 Å². The molecule has 1 fully saturated rings. The second-order valence-corrected chi connectivity index (χ2v) is 7.04. The van der Waals surface area contributed by atoms with Gasteiger partial charge >= 0.3 is 0 Å². The van der Waals surface area contributed by atoms with Gasteiger partial charge in [-0.3, -0.25) is 4.90 Å². The third-order valence-corrected chi connectivity index (χ3v) is 5.88. The molecule has 2 heterocycles. The molecule has 4 aliphatic rings. The molecular formula is C20H22N2O. The van der Waals surface area contributed by atoms with Gasteiger partial charge in [-0.15, -0.1) is 0 Å². The van der Waals surface area contributed by atoms with Gasteiger partial charge in [-0.2, -0.15) is 0 Å². The number of methoxy groups -OCH3 is 1. The zero-order valence-electron chi connectivity index (χ0n) is 13.7. The molecule has 23 heavy (non-hydrogen) atoms. The molecule has 118 valence electrons. The van der Waals surface area contributed by atoms with Crippen molar-refractivity contribution in [1.82, 2.24) is 4.90 Å². The number of hydrogen-bond acceptors (Lipinski definition) is 3. The minimum atomic E-state index is 0.558. The first-order valence-electron chi connectivity index (χ1n) is 8.53. The summed E-state index contributed by atoms with van der Waals surface area (Å²) in [5, 5.41) is 0. The monoisotopic (exact) mass is 306 g/mol. The quantitative estimate of drug-likeness (QED) is 0.793. The van der Waals surface area contributed by atoms with Gasteiger partial charge in [-0.1, -0.05) is 18.2 Å². The summed E-state index contributed by atoms with van der Waals surface area (Å²) < 4.78 is 5.47. The van der Waals surface area contributed by atoms with Crippen LogP contribution in [0, 0.1) is 5.92 Å². The molecule has 0 bridgehead atoms. The van der Waals surface area contributed by atoms with Crippen LogP contribution >= 0.6 is 0 Å². The molecule has 0 saturated carbocycles. The van der Waals surface area contributed by atoms with Gasteiger partial charge in [0.2, 0.25) is 0 Å². The number of fused-ring (bicyclic) bond motifs is 2. The van der Waals surface area contributed by atoms with Crippen molar-refractivity contribution in [3.05, 3.63) is 58.8 Å². The lowest BCUT2D eigenvalue weighted by Gasteiger charge is -2.41. The summed E-state index contributed by atoms with van der Waals surface area (Å²) in [6.07, 6.45) is 9.22. The number of ether oxygens (including phenoxy) is 1. The van der Waals surface area contributed by atoms with Crippen LogP contribution in [0.25, 0.3) is 0 Å². The van der Waals surface area contributed by atoms with E-state index >= 15 is 0 Å². The van der Waals surface area contributed by atoms with Gasteiger partial charge < -0.3 is 9.64 Å². The second-order valence-electron chi connectivity index (χ2n) is 7.04. The summed E-state index contributed by atoms with van der Waals surface area (Å²) in [5.74, 6) is 1.55. The molecule has 2 aliphatic heterocycles. The first kappa shape index (κ1) is 13.4. The molecule has 1 aromatic carbocycles. The molecular weight excluding hydrogens is 284 g/mol. The number of likely N-dealkylation sites (N-methyl/N-ethyl adjacent to an activating group) is 1. The summed E-state index contributed by atoms with van der Waals surface area (Å²) in [7, 11) is 4.03. The van der Waals surface area contributed by atoms with Crippen molar-refractivity contribution >= 4 is 5.69 Å². The van der Waals surface area contributed by atoms with Crippen molar-refractivity contribution in [3.8, 4) is 5.75 Å². The summed E-state index contributed by atoms with van der Waals surface area (Å²) in [6, 6.07) is 7.13. The van der Waals surface area contributed by atoms with Crippen LogP contribution in [0.2, 0.25) is 0 Å². The standard InChI is InChI=1S/C20H22N2O/c1-21-8-9-22-17-7-6-16(23-2)11-15(17)10-13-4-3-5-14-12-18(21)20(22)19(13)14/h3-7,11,14,18H,8-10,12H2,1-2H3/t14-,18-/m1/s1. The van der Waals surface area contributed by atoms with Gasteiger partial charge in [0, 0.05) is 30.4 Å². The normalized spacial score (nSPS) is 28.3. The first-order chi connectivity index (χ1) is 11.3.